The van der Waals surface area contributed by atoms with E-state index in [0.29, 0.717) is 42.4 Å². The second-order valence-corrected chi connectivity index (χ2v) is 7.15. The van der Waals surface area contributed by atoms with Crippen LogP contribution >= 0.6 is 0 Å². The van der Waals surface area contributed by atoms with Crippen LogP contribution in [0.5, 0.6) is 5.75 Å². The van der Waals surface area contributed by atoms with Crippen LogP contribution in [-0.2, 0) is 13.0 Å². The Labute approximate surface area is 180 Å². The molecule has 0 saturated carbocycles. The first-order valence-electron chi connectivity index (χ1n) is 10.1. The summed E-state index contributed by atoms with van der Waals surface area (Å²) >= 11 is 0. The van der Waals surface area contributed by atoms with Gasteiger partial charge in [-0.05, 0) is 37.3 Å². The standard InChI is InChI=1S/C23H24N6O2/c1-16-6-5-8-17(14-16)23(30)24-13-12-22-27-26-21-11-10-20(28-29(21)22)25-15-18-7-3-4-9-19(18)31-2/h3-11,14H,12-13,15H2,1-2H3,(H,24,30)(H,25,28). The third-order valence-corrected chi connectivity index (χ3v) is 4.89. The molecule has 0 aliphatic heterocycles. The van der Waals surface area contributed by atoms with Crippen molar-refractivity contribution in [1.29, 1.82) is 0 Å². The predicted molar refractivity (Wildman–Crippen MR) is 118 cm³/mol. The van der Waals surface area contributed by atoms with Gasteiger partial charge in [0.15, 0.2) is 11.5 Å². The Kier molecular flexibility index (Phi) is 6.07. The van der Waals surface area contributed by atoms with E-state index in [9.17, 15) is 4.79 Å². The van der Waals surface area contributed by atoms with Crippen molar-refractivity contribution in [2.24, 2.45) is 0 Å². The number of hydrogen-bond acceptors (Lipinski definition) is 6. The highest BCUT2D eigenvalue weighted by molar-refractivity contribution is 5.94. The van der Waals surface area contributed by atoms with Crippen LogP contribution in [0.3, 0.4) is 0 Å². The Hall–Kier alpha value is -3.94. The third kappa shape index (κ3) is 4.80. The Morgan fingerprint density at radius 2 is 1.94 bits per heavy atom. The molecule has 2 aromatic carbocycles. The minimum atomic E-state index is -0.107. The number of aryl methyl sites for hydroxylation is 1. The lowest BCUT2D eigenvalue weighted by atomic mass is 10.1. The fourth-order valence-electron chi connectivity index (χ4n) is 3.29. The number of nitrogens with one attached hydrogen (secondary N) is 2. The van der Waals surface area contributed by atoms with Crippen LogP contribution in [0, 0.1) is 6.92 Å². The van der Waals surface area contributed by atoms with Gasteiger partial charge >= 0.3 is 0 Å². The first kappa shape index (κ1) is 20.3. The molecule has 2 aromatic heterocycles. The number of amides is 1. The van der Waals surface area contributed by atoms with Crippen molar-refractivity contribution >= 4 is 17.4 Å². The molecule has 0 unspecified atom stereocenters. The average Bonchev–Trinajstić information content (AvgIpc) is 3.20. The van der Waals surface area contributed by atoms with Crippen molar-refractivity contribution < 1.29 is 9.53 Å². The highest BCUT2D eigenvalue weighted by atomic mass is 16.5. The molecule has 4 aromatic rings. The van der Waals surface area contributed by atoms with Crippen molar-refractivity contribution in [3.8, 4) is 5.75 Å². The number of carbonyl (C=O) groups is 1. The van der Waals surface area contributed by atoms with Crippen molar-refractivity contribution in [1.82, 2.24) is 25.1 Å². The van der Waals surface area contributed by atoms with Crippen molar-refractivity contribution in [2.75, 3.05) is 19.0 Å². The number of hydrogen-bond donors (Lipinski definition) is 2. The number of methoxy groups -OCH3 is 1. The average molecular weight is 416 g/mol. The van der Waals surface area contributed by atoms with Gasteiger partial charge in [0.05, 0.1) is 7.11 Å². The lowest BCUT2D eigenvalue weighted by Gasteiger charge is -2.10. The van der Waals surface area contributed by atoms with Gasteiger partial charge in [-0.2, -0.15) is 4.52 Å². The van der Waals surface area contributed by atoms with Gasteiger partial charge in [-0.1, -0.05) is 35.9 Å². The quantitative estimate of drug-likeness (QED) is 0.459. The number of carbonyl (C=O) groups excluding carboxylic acids is 1. The smallest absolute Gasteiger partial charge is 0.251 e. The van der Waals surface area contributed by atoms with Crippen LogP contribution in [0.15, 0.2) is 60.7 Å². The molecule has 0 aliphatic carbocycles. The van der Waals surface area contributed by atoms with Crippen molar-refractivity contribution in [3.05, 3.63) is 83.2 Å². The topological polar surface area (TPSA) is 93.4 Å². The molecule has 8 heteroatoms. The van der Waals surface area contributed by atoms with Crippen LogP contribution < -0.4 is 15.4 Å². The summed E-state index contributed by atoms with van der Waals surface area (Å²) in [6.07, 6.45) is 0.516. The van der Waals surface area contributed by atoms with Gasteiger partial charge in [0, 0.05) is 30.6 Å². The lowest BCUT2D eigenvalue weighted by Crippen LogP contribution is -2.26. The summed E-state index contributed by atoms with van der Waals surface area (Å²) in [5.41, 5.74) is 3.39. The molecule has 8 nitrogen and oxygen atoms in total. The van der Waals surface area contributed by atoms with Crippen LogP contribution in [0.1, 0.15) is 27.3 Å². The number of rotatable bonds is 8. The van der Waals surface area contributed by atoms with E-state index in [0.717, 1.165) is 16.9 Å². The highest BCUT2D eigenvalue weighted by Crippen LogP contribution is 2.18. The summed E-state index contributed by atoms with van der Waals surface area (Å²) in [7, 11) is 1.66. The number of anilines is 1. The Balaban J connectivity index is 1.40. The maximum absolute atomic E-state index is 12.3. The molecule has 0 bridgehead atoms. The molecule has 2 N–H and O–H groups in total. The molecule has 31 heavy (non-hydrogen) atoms. The summed E-state index contributed by atoms with van der Waals surface area (Å²) in [6, 6.07) is 19.1. The Morgan fingerprint density at radius 3 is 2.77 bits per heavy atom. The molecule has 0 aliphatic rings. The molecule has 0 radical (unpaired) electrons. The molecule has 0 atom stereocenters. The highest BCUT2D eigenvalue weighted by Gasteiger charge is 2.10. The molecule has 0 spiro atoms. The fraction of sp³-hybridized carbons (Fsp3) is 0.217. The molecule has 4 rings (SSSR count). The molecule has 0 fully saturated rings. The molecule has 0 saturated heterocycles. The number of nitrogens with zero attached hydrogens (tertiary/aromatic N) is 4. The second-order valence-electron chi connectivity index (χ2n) is 7.15. The number of ether oxygens (including phenoxy) is 1. The summed E-state index contributed by atoms with van der Waals surface area (Å²) in [5.74, 6) is 2.10. The first-order valence-corrected chi connectivity index (χ1v) is 10.1. The van der Waals surface area contributed by atoms with Gasteiger partial charge in [-0.15, -0.1) is 15.3 Å². The largest absolute Gasteiger partial charge is 0.496 e. The zero-order valence-corrected chi connectivity index (χ0v) is 17.5. The van der Waals surface area contributed by atoms with Crippen LogP contribution in [0.25, 0.3) is 5.65 Å². The van der Waals surface area contributed by atoms with Crippen molar-refractivity contribution in [2.45, 2.75) is 19.9 Å². The predicted octanol–water partition coefficient (Wildman–Crippen LogP) is 3.03. The molecular formula is C23H24N6O2. The lowest BCUT2D eigenvalue weighted by molar-refractivity contribution is 0.0954. The summed E-state index contributed by atoms with van der Waals surface area (Å²) < 4.78 is 7.09. The van der Waals surface area contributed by atoms with Crippen LogP contribution in [0.2, 0.25) is 0 Å². The van der Waals surface area contributed by atoms with Gasteiger partial charge in [0.1, 0.15) is 11.6 Å². The Morgan fingerprint density at radius 1 is 1.06 bits per heavy atom. The van der Waals surface area contributed by atoms with Gasteiger partial charge in [0.2, 0.25) is 0 Å². The number of aromatic nitrogens is 4. The van der Waals surface area contributed by atoms with Crippen LogP contribution in [-0.4, -0.2) is 39.4 Å². The maximum Gasteiger partial charge on any atom is 0.251 e. The molecular weight excluding hydrogens is 392 g/mol. The van der Waals surface area contributed by atoms with Gasteiger partial charge in [0.25, 0.3) is 5.91 Å². The second kappa shape index (κ2) is 9.25. The minimum Gasteiger partial charge on any atom is -0.496 e. The zero-order chi connectivity index (χ0) is 21.6. The summed E-state index contributed by atoms with van der Waals surface area (Å²) in [5, 5.41) is 19.2. The number of benzene rings is 2. The van der Waals surface area contributed by atoms with E-state index < -0.39 is 0 Å². The minimum absolute atomic E-state index is 0.107. The zero-order valence-electron chi connectivity index (χ0n) is 17.5. The fourth-order valence-corrected chi connectivity index (χ4v) is 3.29. The number of fused-ring (bicyclic) bond motifs is 1. The van der Waals surface area contributed by atoms with E-state index >= 15 is 0 Å². The van der Waals surface area contributed by atoms with E-state index in [4.69, 9.17) is 4.74 Å². The van der Waals surface area contributed by atoms with Gasteiger partial charge < -0.3 is 15.4 Å². The first-order chi connectivity index (χ1) is 15.1. The van der Waals surface area contributed by atoms with E-state index in [1.165, 1.54) is 0 Å². The third-order valence-electron chi connectivity index (χ3n) is 4.89. The summed E-state index contributed by atoms with van der Waals surface area (Å²) in [4.78, 5) is 12.3. The maximum atomic E-state index is 12.3. The van der Waals surface area contributed by atoms with E-state index in [1.54, 1.807) is 17.7 Å². The molecule has 1 amide bonds. The monoisotopic (exact) mass is 416 g/mol. The summed E-state index contributed by atoms with van der Waals surface area (Å²) in [6.45, 7) is 2.98. The van der Waals surface area contributed by atoms with Crippen molar-refractivity contribution in [3.63, 3.8) is 0 Å². The van der Waals surface area contributed by atoms with Gasteiger partial charge in [-0.3, -0.25) is 4.79 Å². The van der Waals surface area contributed by atoms with E-state index in [2.05, 4.69) is 25.9 Å². The SMILES string of the molecule is COc1ccccc1CNc1ccc2nnc(CCNC(=O)c3cccc(C)c3)n2n1. The van der Waals surface area contributed by atoms with Crippen LogP contribution in [0.4, 0.5) is 5.82 Å². The van der Waals surface area contributed by atoms with E-state index in [1.807, 2.05) is 61.5 Å². The normalized spacial score (nSPS) is 10.8. The Bertz CT molecular complexity index is 1200. The molecule has 2 heterocycles. The molecule has 158 valence electrons. The number of para-hydroxylation sites is 1. The van der Waals surface area contributed by atoms with Gasteiger partial charge in [-0.25, -0.2) is 0 Å². The van der Waals surface area contributed by atoms with E-state index in [-0.39, 0.29) is 5.91 Å².